The fourth-order valence-corrected chi connectivity index (χ4v) is 3.87. The normalized spacial score (nSPS) is 14.6. The summed E-state index contributed by atoms with van der Waals surface area (Å²) in [5.74, 6) is -0.376. The van der Waals surface area contributed by atoms with E-state index in [0.717, 1.165) is 22.3 Å². The van der Waals surface area contributed by atoms with Gasteiger partial charge in [-0.15, -0.1) is 6.58 Å². The molecule has 0 spiro atoms. The third-order valence-corrected chi connectivity index (χ3v) is 5.72. The Morgan fingerprint density at radius 1 is 0.935 bits per heavy atom. The van der Waals surface area contributed by atoms with E-state index < -0.39 is 18.1 Å². The van der Waals surface area contributed by atoms with E-state index in [0.29, 0.717) is 17.9 Å². The first kappa shape index (κ1) is 22.8. The van der Waals surface area contributed by atoms with Crippen LogP contribution in [0.2, 0.25) is 5.02 Å². The van der Waals surface area contributed by atoms with E-state index in [1.807, 2.05) is 66.7 Å². The number of halogens is 1. The number of phenolic OH excluding ortho intramolecular Hbond substituents is 1. The lowest BCUT2D eigenvalue weighted by molar-refractivity contribution is 0.0325. The van der Waals surface area contributed by atoms with Gasteiger partial charge in [0, 0.05) is 5.92 Å². The van der Waals surface area contributed by atoms with Crippen LogP contribution >= 0.6 is 11.6 Å². The summed E-state index contributed by atoms with van der Waals surface area (Å²) in [5.41, 5.74) is 3.57. The summed E-state index contributed by atoms with van der Waals surface area (Å²) < 4.78 is 0. The van der Waals surface area contributed by atoms with Crippen LogP contribution in [0.5, 0.6) is 5.75 Å². The third kappa shape index (κ3) is 6.08. The smallest absolute Gasteiger partial charge is 0.117 e. The highest BCUT2D eigenvalue weighted by Crippen LogP contribution is 2.32. The molecule has 0 aliphatic rings. The van der Waals surface area contributed by atoms with Crippen LogP contribution in [0.4, 0.5) is 0 Å². The van der Waals surface area contributed by atoms with Gasteiger partial charge < -0.3 is 15.3 Å². The lowest BCUT2D eigenvalue weighted by Crippen LogP contribution is -2.25. The van der Waals surface area contributed by atoms with Gasteiger partial charge in [-0.3, -0.25) is 0 Å². The van der Waals surface area contributed by atoms with Gasteiger partial charge in [-0.25, -0.2) is 0 Å². The zero-order valence-electron chi connectivity index (χ0n) is 17.2. The molecule has 0 fully saturated rings. The van der Waals surface area contributed by atoms with E-state index in [9.17, 15) is 15.3 Å². The Kier molecular flexibility index (Phi) is 8.07. The van der Waals surface area contributed by atoms with Gasteiger partial charge >= 0.3 is 0 Å². The molecule has 0 bridgehead atoms. The van der Waals surface area contributed by atoms with Crippen molar-refractivity contribution in [3.63, 3.8) is 0 Å². The van der Waals surface area contributed by atoms with Crippen LogP contribution in [0.1, 0.15) is 35.6 Å². The molecule has 0 aliphatic heterocycles. The summed E-state index contributed by atoms with van der Waals surface area (Å²) in [6, 6.07) is 24.1. The van der Waals surface area contributed by atoms with Gasteiger partial charge in [0.15, 0.2) is 0 Å². The number of aliphatic hydroxyl groups is 2. The number of hydrogen-bond acceptors (Lipinski definition) is 3. The summed E-state index contributed by atoms with van der Waals surface area (Å²) in [7, 11) is 0. The lowest BCUT2D eigenvalue weighted by Gasteiger charge is -2.25. The molecule has 3 N–H and O–H groups in total. The fourth-order valence-electron chi connectivity index (χ4n) is 3.64. The maximum Gasteiger partial charge on any atom is 0.117 e. The van der Waals surface area contributed by atoms with Gasteiger partial charge in [0.25, 0.3) is 0 Å². The summed E-state index contributed by atoms with van der Waals surface area (Å²) in [6.45, 7) is 3.83. The van der Waals surface area contributed by atoms with E-state index >= 15 is 0 Å². The van der Waals surface area contributed by atoms with Crippen LogP contribution in [-0.2, 0) is 0 Å². The third-order valence-electron chi connectivity index (χ3n) is 5.39. The molecule has 3 rings (SSSR count). The van der Waals surface area contributed by atoms with Crippen molar-refractivity contribution >= 4 is 23.3 Å². The monoisotopic (exact) mass is 434 g/mol. The van der Waals surface area contributed by atoms with Gasteiger partial charge in [-0.2, -0.15) is 0 Å². The Balaban J connectivity index is 1.81. The number of aromatic hydroxyl groups is 1. The first-order valence-corrected chi connectivity index (χ1v) is 10.7. The molecule has 0 saturated carbocycles. The summed E-state index contributed by atoms with van der Waals surface area (Å²) in [5, 5.41) is 31.7. The molecule has 0 amide bonds. The van der Waals surface area contributed by atoms with Gasteiger partial charge in [0.05, 0.1) is 17.2 Å². The second-order valence-electron chi connectivity index (χ2n) is 7.52. The first-order chi connectivity index (χ1) is 15.0. The average molecular weight is 435 g/mol. The van der Waals surface area contributed by atoms with Crippen LogP contribution in [-0.4, -0.2) is 21.4 Å². The zero-order chi connectivity index (χ0) is 22.2. The molecule has 0 heterocycles. The molecule has 160 valence electrons. The van der Waals surface area contributed by atoms with E-state index in [-0.39, 0.29) is 5.75 Å². The minimum absolute atomic E-state index is 0.113. The van der Waals surface area contributed by atoms with Gasteiger partial charge in [-0.1, -0.05) is 78.3 Å². The molecule has 3 nitrogen and oxygen atoms in total. The fraction of sp³-hybridized carbons (Fsp3) is 0.185. The Labute approximate surface area is 188 Å². The molecule has 0 radical (unpaired) electrons. The molecule has 0 aliphatic carbocycles. The Hall–Kier alpha value is -2.85. The number of allylic oxidation sites excluding steroid dienone is 1. The highest BCUT2D eigenvalue weighted by Gasteiger charge is 2.25. The molecule has 3 atom stereocenters. The second-order valence-corrected chi connectivity index (χ2v) is 7.92. The maximum absolute atomic E-state index is 10.9. The molecule has 0 saturated heterocycles. The largest absolute Gasteiger partial charge is 0.508 e. The molecule has 3 aromatic carbocycles. The summed E-state index contributed by atoms with van der Waals surface area (Å²) >= 11 is 6.31. The molecule has 3 aromatic rings. The van der Waals surface area contributed by atoms with Crippen molar-refractivity contribution in [3.8, 4) is 5.75 Å². The minimum Gasteiger partial charge on any atom is -0.508 e. The van der Waals surface area contributed by atoms with Gasteiger partial charge in [-0.05, 0) is 59.4 Å². The van der Waals surface area contributed by atoms with Crippen LogP contribution in [0, 0.1) is 5.92 Å². The molecule has 0 aromatic heterocycles. The number of rotatable bonds is 9. The molecule has 31 heavy (non-hydrogen) atoms. The van der Waals surface area contributed by atoms with Crippen molar-refractivity contribution < 1.29 is 15.3 Å². The highest BCUT2D eigenvalue weighted by atomic mass is 35.5. The van der Waals surface area contributed by atoms with E-state index in [1.54, 1.807) is 18.2 Å². The van der Waals surface area contributed by atoms with Gasteiger partial charge in [0.1, 0.15) is 5.75 Å². The van der Waals surface area contributed by atoms with E-state index in [1.165, 1.54) is 6.07 Å². The number of hydrogen-bond donors (Lipinski definition) is 3. The number of benzene rings is 3. The highest BCUT2D eigenvalue weighted by molar-refractivity contribution is 6.32. The molecule has 4 heteroatoms. The Bertz CT molecular complexity index is 1020. The molecular formula is C27H27ClO3. The summed E-state index contributed by atoms with van der Waals surface area (Å²) in [6.07, 6.45) is 3.01. The SMILES string of the molecule is C=C[C@H]([C@H](O)CC/C(=C/c1ccc(O)cc1Cl)c1ccccc1)[C@H](O)c1ccccc1. The Morgan fingerprint density at radius 2 is 1.58 bits per heavy atom. The van der Waals surface area contributed by atoms with Crippen LogP contribution < -0.4 is 0 Å². The molecule has 0 unspecified atom stereocenters. The topological polar surface area (TPSA) is 60.7 Å². The van der Waals surface area contributed by atoms with Crippen molar-refractivity contribution in [2.75, 3.05) is 0 Å². The summed E-state index contributed by atoms with van der Waals surface area (Å²) in [4.78, 5) is 0. The average Bonchev–Trinajstić information content (AvgIpc) is 2.79. The van der Waals surface area contributed by atoms with Crippen molar-refractivity contribution in [3.05, 3.63) is 113 Å². The first-order valence-electron chi connectivity index (χ1n) is 10.3. The van der Waals surface area contributed by atoms with Crippen LogP contribution in [0.25, 0.3) is 11.6 Å². The predicted molar refractivity (Wildman–Crippen MR) is 128 cm³/mol. The zero-order valence-corrected chi connectivity index (χ0v) is 18.0. The van der Waals surface area contributed by atoms with E-state index in [4.69, 9.17) is 11.6 Å². The van der Waals surface area contributed by atoms with Crippen LogP contribution in [0.3, 0.4) is 0 Å². The van der Waals surface area contributed by atoms with Crippen molar-refractivity contribution in [2.24, 2.45) is 5.92 Å². The van der Waals surface area contributed by atoms with Crippen molar-refractivity contribution in [1.82, 2.24) is 0 Å². The quantitative estimate of drug-likeness (QED) is 0.275. The lowest BCUT2D eigenvalue weighted by atomic mass is 9.87. The van der Waals surface area contributed by atoms with Gasteiger partial charge in [0.2, 0.25) is 0 Å². The van der Waals surface area contributed by atoms with Crippen LogP contribution in [0.15, 0.2) is 91.5 Å². The molecular weight excluding hydrogens is 408 g/mol. The standard InChI is InChI=1S/C27H27ClO3/c1-2-24(27(31)20-11-7-4-8-12-20)26(30)16-14-21(19-9-5-3-6-10-19)17-22-13-15-23(29)18-25(22)28/h2-13,15,17-18,24,26-27,29-31H,1,14,16H2/b21-17-/t24-,26-,27-/m1/s1. The maximum atomic E-state index is 10.9. The Morgan fingerprint density at radius 3 is 2.19 bits per heavy atom. The second kappa shape index (κ2) is 11.0. The van der Waals surface area contributed by atoms with E-state index in [2.05, 4.69) is 6.58 Å². The number of phenols is 1. The van der Waals surface area contributed by atoms with Crippen molar-refractivity contribution in [1.29, 1.82) is 0 Å². The van der Waals surface area contributed by atoms with Crippen molar-refractivity contribution in [2.45, 2.75) is 25.0 Å². The minimum atomic E-state index is -0.829. The predicted octanol–water partition coefficient (Wildman–Crippen LogP) is 6.26. The number of aliphatic hydroxyl groups excluding tert-OH is 2.